The maximum absolute atomic E-state index is 14.7. The lowest BCUT2D eigenvalue weighted by molar-refractivity contribution is -0.149. The first-order chi connectivity index (χ1) is 35.6. The third-order valence-corrected chi connectivity index (χ3v) is 16.3. The Morgan fingerprint density at radius 1 is 0.865 bits per heavy atom. The molecule has 74 heavy (non-hydrogen) atoms. The first-order valence-corrected chi connectivity index (χ1v) is 27.6. The second-order valence-electron chi connectivity index (χ2n) is 19.8. The number of aromatic nitrogens is 1. The summed E-state index contributed by atoms with van der Waals surface area (Å²) in [6.45, 7) is 0.719. The Kier molecular flexibility index (Phi) is 22.0. The molecule has 3 aliphatic heterocycles. The number of H-pyrrole nitrogens is 1. The summed E-state index contributed by atoms with van der Waals surface area (Å²) in [6.07, 6.45) is 8.21. The van der Waals surface area contributed by atoms with Crippen LogP contribution in [0.25, 0.3) is 10.9 Å². The average Bonchev–Trinajstić information content (AvgIpc) is 4.10. The van der Waals surface area contributed by atoms with E-state index in [4.69, 9.17) is 23.1 Å². The lowest BCUT2D eigenvalue weighted by atomic mass is 9.90. The topological polar surface area (TPSA) is 288 Å². The molecule has 0 saturated carbocycles. The van der Waals surface area contributed by atoms with Crippen molar-refractivity contribution in [2.45, 2.75) is 138 Å². The van der Waals surface area contributed by atoms with Crippen LogP contribution >= 0.6 is 23.4 Å². The molecular formula is C53H73ClN10O9S. The SMILES string of the molecule is CN(C(=O)CCl)[C@@H](Cc1ccccc1)C(=O)N1CCCC[C@H]1C(=O)N[C@@H](Cc1c[nH]c2ccccc12)C(=O)C[C@@H](CCCNC(N)=O)C(=O)N[C@@H](CCCCNC(=O)CCCC[C@H]1SC[C@H]2CC(=O)N[C@H]21)C(N)=O. The van der Waals surface area contributed by atoms with Crippen LogP contribution in [-0.2, 0) is 51.2 Å². The normalized spacial score (nSPS) is 19.8. The Balaban J connectivity index is 1.10. The van der Waals surface area contributed by atoms with Gasteiger partial charge in [-0.15, -0.1) is 11.6 Å². The van der Waals surface area contributed by atoms with Crippen molar-refractivity contribution < 1.29 is 43.2 Å². The smallest absolute Gasteiger partial charge is 0.312 e. The zero-order valence-electron chi connectivity index (χ0n) is 42.3. The minimum Gasteiger partial charge on any atom is -0.368 e. The van der Waals surface area contributed by atoms with Crippen LogP contribution in [-0.4, -0.2) is 142 Å². The van der Waals surface area contributed by atoms with Gasteiger partial charge in [0.15, 0.2) is 5.78 Å². The monoisotopic (exact) mass is 1060 g/mol. The molecule has 402 valence electrons. The van der Waals surface area contributed by atoms with E-state index in [1.807, 2.05) is 66.4 Å². The van der Waals surface area contributed by atoms with Crippen LogP contribution < -0.4 is 38.1 Å². The van der Waals surface area contributed by atoms with Crippen molar-refractivity contribution in [3.05, 3.63) is 71.9 Å². The molecule has 10 N–H and O–H groups in total. The number of alkyl halides is 1. The number of rotatable bonds is 29. The van der Waals surface area contributed by atoms with Crippen LogP contribution in [0.4, 0.5) is 4.79 Å². The van der Waals surface area contributed by atoms with E-state index in [1.165, 1.54) is 16.8 Å². The Morgan fingerprint density at radius 2 is 1.62 bits per heavy atom. The number of likely N-dealkylation sites (tertiary alicyclic amines) is 1. The molecule has 0 spiro atoms. The second-order valence-corrected chi connectivity index (χ2v) is 21.3. The van der Waals surface area contributed by atoms with Crippen LogP contribution in [0.15, 0.2) is 60.8 Å². The number of primary amides is 2. The molecule has 3 fully saturated rings. The fourth-order valence-electron chi connectivity index (χ4n) is 10.4. The minimum absolute atomic E-state index is 0.0399. The third kappa shape index (κ3) is 16.4. The average molecular weight is 1060 g/mol. The van der Waals surface area contributed by atoms with Crippen molar-refractivity contribution in [3.63, 3.8) is 0 Å². The van der Waals surface area contributed by atoms with Crippen molar-refractivity contribution in [2.75, 3.05) is 38.3 Å². The van der Waals surface area contributed by atoms with E-state index in [9.17, 15) is 43.2 Å². The van der Waals surface area contributed by atoms with Gasteiger partial charge < -0.3 is 52.8 Å². The van der Waals surface area contributed by atoms with E-state index >= 15 is 0 Å². The number of benzene rings is 2. The number of hydrogen-bond donors (Lipinski definition) is 8. The number of carbonyl (C=O) groups excluding carboxylic acids is 9. The second kappa shape index (κ2) is 28.5. The van der Waals surface area contributed by atoms with Gasteiger partial charge in [0.05, 0.1) is 6.04 Å². The predicted octanol–water partition coefficient (Wildman–Crippen LogP) is 3.35. The molecule has 0 aliphatic carbocycles. The maximum Gasteiger partial charge on any atom is 0.312 e. The number of fused-ring (bicyclic) bond motifs is 2. The standard InChI is InChI=1S/C53H73ClN10O9S/c1-63(47(68)30-54)42(26-33-14-3-2-4-15-33)52(72)64-25-12-10-20-41(64)51(71)61-40(27-35-31-59-38-18-6-5-17-37(35)38)43(65)28-34(16-13-24-58-53(56)73)50(70)60-39(49(55)69)19-9-11-23-57-45(66)22-8-7-21-44-48-36(32-74-44)29-46(67)62-48/h2-6,14-15,17-18,31,34,36,39-42,44,48,59H,7-13,16,19-30,32H2,1H3,(H2,55,69)(H,57,66)(H,60,70)(H,61,71)(H,62,67)(H3,56,58,73)/t34-,36-,39+,40+,41+,42+,44-,48-/m1/s1. The number of nitrogens with two attached hydrogens (primary N) is 2. The van der Waals surface area contributed by atoms with E-state index in [1.54, 1.807) is 6.20 Å². The summed E-state index contributed by atoms with van der Waals surface area (Å²) in [6, 6.07) is 12.0. The molecule has 1 aromatic heterocycles. The zero-order chi connectivity index (χ0) is 53.1. The van der Waals surface area contributed by atoms with E-state index in [0.717, 1.165) is 47.0 Å². The first-order valence-electron chi connectivity index (χ1n) is 26.0. The van der Waals surface area contributed by atoms with Gasteiger partial charge in [0.1, 0.15) is 24.0 Å². The van der Waals surface area contributed by atoms with Gasteiger partial charge >= 0.3 is 6.03 Å². The molecule has 0 bridgehead atoms. The van der Waals surface area contributed by atoms with Crippen molar-refractivity contribution in [2.24, 2.45) is 23.3 Å². The zero-order valence-corrected chi connectivity index (χ0v) is 43.8. The van der Waals surface area contributed by atoms with Gasteiger partial charge in [-0.05, 0) is 93.1 Å². The largest absolute Gasteiger partial charge is 0.368 e. The molecule has 2 aromatic carbocycles. The molecule has 4 heterocycles. The van der Waals surface area contributed by atoms with E-state index in [2.05, 4.69) is 31.6 Å². The number of likely N-dealkylation sites (N-methyl/N-ethyl adjacent to an activating group) is 1. The summed E-state index contributed by atoms with van der Waals surface area (Å²) >= 11 is 7.87. The molecule has 3 aliphatic rings. The number of piperidine rings is 1. The molecule has 3 saturated heterocycles. The van der Waals surface area contributed by atoms with Gasteiger partial charge in [0.2, 0.25) is 41.4 Å². The highest BCUT2D eigenvalue weighted by Gasteiger charge is 2.43. The number of carbonyl (C=O) groups is 9. The Labute approximate surface area is 441 Å². The number of aromatic amines is 1. The number of thioether (sulfide) groups is 1. The lowest BCUT2D eigenvalue weighted by Gasteiger charge is -2.39. The first kappa shape index (κ1) is 57.1. The summed E-state index contributed by atoms with van der Waals surface area (Å²) in [4.78, 5) is 126. The van der Waals surface area contributed by atoms with Crippen molar-refractivity contribution in [1.29, 1.82) is 0 Å². The number of nitrogens with zero attached hydrogens (tertiary/aromatic N) is 2. The number of urea groups is 1. The number of Topliss-reactive ketones (excluding diaryl/α,β-unsaturated/α-hetero) is 1. The Bertz CT molecular complexity index is 2440. The van der Waals surface area contributed by atoms with Crippen molar-refractivity contribution in [1.82, 2.24) is 41.4 Å². The lowest BCUT2D eigenvalue weighted by Crippen LogP contribution is -2.59. The highest BCUT2D eigenvalue weighted by Crippen LogP contribution is 2.39. The highest BCUT2D eigenvalue weighted by atomic mass is 35.5. The van der Waals surface area contributed by atoms with Gasteiger partial charge in [-0.25, -0.2) is 4.79 Å². The predicted molar refractivity (Wildman–Crippen MR) is 283 cm³/mol. The molecule has 6 rings (SSSR count). The molecule has 21 heteroatoms. The number of nitrogens with one attached hydrogen (secondary N) is 6. The fraction of sp³-hybridized carbons (Fsp3) is 0.566. The van der Waals surface area contributed by atoms with Crippen molar-refractivity contribution >= 4 is 87.4 Å². The molecule has 8 atom stereocenters. The molecular weight excluding hydrogens is 988 g/mol. The summed E-state index contributed by atoms with van der Waals surface area (Å²) in [5, 5.41) is 15.5. The van der Waals surface area contributed by atoms with Gasteiger partial charge in [0.25, 0.3) is 0 Å². The summed E-state index contributed by atoms with van der Waals surface area (Å²) in [5.74, 6) is -3.21. The van der Waals surface area contributed by atoms with Gasteiger partial charge in [-0.1, -0.05) is 55.0 Å². The van der Waals surface area contributed by atoms with Crippen LogP contribution in [0.3, 0.4) is 0 Å². The minimum atomic E-state index is -1.17. The number of halogens is 1. The highest BCUT2D eigenvalue weighted by molar-refractivity contribution is 8.00. The van der Waals surface area contributed by atoms with Crippen LogP contribution in [0.1, 0.15) is 101 Å². The maximum atomic E-state index is 14.7. The number of hydrogen-bond acceptors (Lipinski definition) is 10. The molecule has 19 nitrogen and oxygen atoms in total. The molecule has 0 radical (unpaired) electrons. The summed E-state index contributed by atoms with van der Waals surface area (Å²) < 4.78 is 0. The quantitative estimate of drug-likeness (QED) is 0.0371. The molecule has 3 aromatic rings. The number of amides is 9. The third-order valence-electron chi connectivity index (χ3n) is 14.5. The van der Waals surface area contributed by atoms with Crippen molar-refractivity contribution in [3.8, 4) is 0 Å². The van der Waals surface area contributed by atoms with Crippen LogP contribution in [0.5, 0.6) is 0 Å². The van der Waals surface area contributed by atoms with E-state index < -0.39 is 71.4 Å². The van der Waals surface area contributed by atoms with Crippen LogP contribution in [0.2, 0.25) is 0 Å². The van der Waals surface area contributed by atoms with E-state index in [-0.39, 0.29) is 75.4 Å². The number of para-hydroxylation sites is 1. The Hall–Kier alpha value is -6.15. The number of ketones is 1. The Morgan fingerprint density at radius 3 is 2.38 bits per heavy atom. The molecule has 0 unspecified atom stereocenters. The molecule has 9 amide bonds. The van der Waals surface area contributed by atoms with Gasteiger partial charge in [-0.3, -0.25) is 38.4 Å². The summed E-state index contributed by atoms with van der Waals surface area (Å²) in [7, 11) is 1.52. The van der Waals surface area contributed by atoms with Crippen LogP contribution in [0, 0.1) is 11.8 Å². The fourth-order valence-corrected chi connectivity index (χ4v) is 12.2. The van der Waals surface area contributed by atoms with Gasteiger partial charge in [0, 0.05) is 93.1 Å². The number of unbranched alkanes of at least 4 members (excludes halogenated alkanes) is 2. The van der Waals surface area contributed by atoms with Gasteiger partial charge in [-0.2, -0.15) is 11.8 Å². The summed E-state index contributed by atoms with van der Waals surface area (Å²) in [5.41, 5.74) is 13.5. The van der Waals surface area contributed by atoms with E-state index in [0.29, 0.717) is 62.7 Å².